The molecule has 3 heterocycles. The summed E-state index contributed by atoms with van der Waals surface area (Å²) in [5.41, 5.74) is 0. The molecule has 2 aromatic heterocycles. The second-order valence-corrected chi connectivity index (χ2v) is 9.90. The number of hydrogen-bond donors (Lipinski definition) is 1. The van der Waals surface area contributed by atoms with Crippen LogP contribution in [0.4, 0.5) is 5.95 Å². The van der Waals surface area contributed by atoms with Crippen molar-refractivity contribution < 1.29 is 9.53 Å². The number of ether oxygens (including phenoxy) is 1. The van der Waals surface area contributed by atoms with Gasteiger partial charge in [0.05, 0.1) is 25.0 Å². The third-order valence-electron chi connectivity index (χ3n) is 4.70. The van der Waals surface area contributed by atoms with Crippen molar-refractivity contribution in [2.75, 3.05) is 37.0 Å². The zero-order valence-corrected chi connectivity index (χ0v) is 19.3. The number of amides is 1. The van der Waals surface area contributed by atoms with Crippen LogP contribution in [0.25, 0.3) is 0 Å². The second kappa shape index (κ2) is 10.4. The van der Waals surface area contributed by atoms with Gasteiger partial charge >= 0.3 is 0 Å². The Kier molecular flexibility index (Phi) is 7.97. The van der Waals surface area contributed by atoms with Gasteiger partial charge in [-0.3, -0.25) is 9.36 Å². The largest absolute Gasteiger partial charge is 0.378 e. The molecule has 3 rings (SSSR count). The second-order valence-electron chi connectivity index (χ2n) is 7.98. The fourth-order valence-electron chi connectivity index (χ4n) is 3.29. The lowest BCUT2D eigenvalue weighted by molar-refractivity contribution is -0.119. The van der Waals surface area contributed by atoms with Crippen LogP contribution in [0.1, 0.15) is 38.6 Å². The molecule has 1 aliphatic heterocycles. The number of nitrogens with zero attached hydrogens (tertiary/aromatic N) is 4. The summed E-state index contributed by atoms with van der Waals surface area (Å²) in [4.78, 5) is 16.1. The first-order valence-corrected chi connectivity index (χ1v) is 12.0. The first-order valence-electron chi connectivity index (χ1n) is 10.2. The van der Waals surface area contributed by atoms with Crippen molar-refractivity contribution in [3.63, 3.8) is 0 Å². The van der Waals surface area contributed by atoms with Crippen LogP contribution in [0.5, 0.6) is 0 Å². The number of thioether (sulfide) groups is 1. The monoisotopic (exact) mass is 437 g/mol. The van der Waals surface area contributed by atoms with Gasteiger partial charge in [-0.05, 0) is 23.3 Å². The van der Waals surface area contributed by atoms with Crippen molar-refractivity contribution in [2.24, 2.45) is 11.8 Å². The molecule has 1 saturated heterocycles. The minimum Gasteiger partial charge on any atom is -0.378 e. The summed E-state index contributed by atoms with van der Waals surface area (Å²) < 4.78 is 7.60. The zero-order chi connectivity index (χ0) is 20.8. The number of hydrogen-bond acceptors (Lipinski definition) is 7. The van der Waals surface area contributed by atoms with Crippen molar-refractivity contribution in [2.45, 2.75) is 45.4 Å². The van der Waals surface area contributed by atoms with Crippen LogP contribution < -0.4 is 10.2 Å². The van der Waals surface area contributed by atoms with Crippen LogP contribution in [-0.2, 0) is 16.1 Å². The fourth-order valence-corrected chi connectivity index (χ4v) is 4.99. The minimum absolute atomic E-state index is 0.0223. The molecular formula is C20H31N5O2S2. The van der Waals surface area contributed by atoms with E-state index in [2.05, 4.69) is 58.7 Å². The number of aromatic nitrogens is 3. The topological polar surface area (TPSA) is 72.3 Å². The first kappa shape index (κ1) is 22.1. The van der Waals surface area contributed by atoms with E-state index in [4.69, 9.17) is 4.74 Å². The van der Waals surface area contributed by atoms with Crippen LogP contribution in [-0.4, -0.2) is 52.7 Å². The highest BCUT2D eigenvalue weighted by Crippen LogP contribution is 2.27. The number of anilines is 1. The average molecular weight is 438 g/mol. The molecule has 1 aliphatic rings. The predicted molar refractivity (Wildman–Crippen MR) is 119 cm³/mol. The molecule has 29 heavy (non-hydrogen) atoms. The maximum absolute atomic E-state index is 12.7. The maximum atomic E-state index is 12.7. The Morgan fingerprint density at radius 1 is 1.28 bits per heavy atom. The molecule has 0 aromatic carbocycles. The number of rotatable bonds is 9. The summed E-state index contributed by atoms with van der Waals surface area (Å²) in [6.07, 6.45) is 0. The molecule has 0 radical (unpaired) electrons. The summed E-state index contributed by atoms with van der Waals surface area (Å²) in [6.45, 7) is 12.5. The zero-order valence-electron chi connectivity index (χ0n) is 17.6. The molecule has 2 aromatic rings. The van der Waals surface area contributed by atoms with Crippen molar-refractivity contribution in [3.8, 4) is 0 Å². The van der Waals surface area contributed by atoms with Gasteiger partial charge in [0.1, 0.15) is 0 Å². The van der Waals surface area contributed by atoms with Gasteiger partial charge in [0.25, 0.3) is 0 Å². The van der Waals surface area contributed by atoms with Crippen LogP contribution in [0, 0.1) is 11.8 Å². The lowest BCUT2D eigenvalue weighted by Gasteiger charge is -2.28. The van der Waals surface area contributed by atoms with Gasteiger partial charge in [-0.2, -0.15) is 0 Å². The predicted octanol–water partition coefficient (Wildman–Crippen LogP) is 3.44. The molecule has 9 heteroatoms. The third kappa shape index (κ3) is 5.96. The highest BCUT2D eigenvalue weighted by molar-refractivity contribution is 7.99. The Balaban J connectivity index is 1.66. The first-order chi connectivity index (χ1) is 14.0. The molecular weight excluding hydrogens is 406 g/mol. The maximum Gasteiger partial charge on any atom is 0.230 e. The van der Waals surface area contributed by atoms with Gasteiger partial charge in [0.15, 0.2) is 5.16 Å². The van der Waals surface area contributed by atoms with E-state index in [0.29, 0.717) is 30.8 Å². The van der Waals surface area contributed by atoms with Crippen molar-refractivity contribution in [1.29, 1.82) is 0 Å². The minimum atomic E-state index is 0.0223. The Hall–Kier alpha value is -1.58. The Labute approximate surface area is 181 Å². The van der Waals surface area contributed by atoms with E-state index in [1.54, 1.807) is 11.3 Å². The van der Waals surface area contributed by atoms with E-state index in [1.165, 1.54) is 16.6 Å². The Morgan fingerprint density at radius 2 is 2.03 bits per heavy atom. The number of morpholine rings is 1. The summed E-state index contributed by atoms with van der Waals surface area (Å²) >= 11 is 3.14. The highest BCUT2D eigenvalue weighted by Gasteiger charge is 2.23. The summed E-state index contributed by atoms with van der Waals surface area (Å²) in [5, 5.41) is 14.9. The third-order valence-corrected chi connectivity index (χ3v) is 6.63. The standard InChI is InChI=1S/C20H31N5O2S2/c1-14(2)12-25-19(24-7-9-27-10-8-24)22-23-20(25)29-13-17(26)21-18(15(3)4)16-6-5-11-28-16/h5-6,11,14-15,18H,7-10,12-13H2,1-4H3,(H,21,26)/t18-/m0/s1. The normalized spacial score (nSPS) is 15.9. The van der Waals surface area contributed by atoms with E-state index in [9.17, 15) is 4.79 Å². The summed E-state index contributed by atoms with van der Waals surface area (Å²) in [5.74, 6) is 2.02. The van der Waals surface area contributed by atoms with Gasteiger partial charge in [0.2, 0.25) is 11.9 Å². The molecule has 1 N–H and O–H groups in total. The lowest BCUT2D eigenvalue weighted by atomic mass is 10.0. The van der Waals surface area contributed by atoms with E-state index in [0.717, 1.165) is 30.7 Å². The summed E-state index contributed by atoms with van der Waals surface area (Å²) in [7, 11) is 0. The number of carbonyl (C=O) groups excluding carboxylic acids is 1. The van der Waals surface area contributed by atoms with Gasteiger partial charge in [-0.1, -0.05) is 45.5 Å². The molecule has 0 unspecified atom stereocenters. The van der Waals surface area contributed by atoms with Crippen LogP contribution >= 0.6 is 23.1 Å². The number of carbonyl (C=O) groups is 1. The van der Waals surface area contributed by atoms with E-state index < -0.39 is 0 Å². The lowest BCUT2D eigenvalue weighted by Crippen LogP contribution is -2.38. The Bertz CT molecular complexity index is 770. The molecule has 1 atom stereocenters. The van der Waals surface area contributed by atoms with Gasteiger partial charge in [0, 0.05) is 24.5 Å². The smallest absolute Gasteiger partial charge is 0.230 e. The van der Waals surface area contributed by atoms with Crippen LogP contribution in [0.15, 0.2) is 22.7 Å². The molecule has 160 valence electrons. The van der Waals surface area contributed by atoms with Crippen molar-refractivity contribution in [1.82, 2.24) is 20.1 Å². The SMILES string of the molecule is CC(C)Cn1c(SCC(=O)N[C@H](c2cccs2)C(C)C)nnc1N1CCOCC1. The molecule has 1 amide bonds. The fraction of sp³-hybridized carbons (Fsp3) is 0.650. The van der Waals surface area contributed by atoms with Crippen LogP contribution in [0.3, 0.4) is 0 Å². The van der Waals surface area contributed by atoms with E-state index >= 15 is 0 Å². The van der Waals surface area contributed by atoms with Gasteiger partial charge in [-0.25, -0.2) is 0 Å². The summed E-state index contributed by atoms with van der Waals surface area (Å²) in [6, 6.07) is 4.15. The van der Waals surface area contributed by atoms with E-state index in [1.807, 2.05) is 11.4 Å². The van der Waals surface area contributed by atoms with Gasteiger partial charge < -0.3 is 15.0 Å². The Morgan fingerprint density at radius 3 is 2.66 bits per heavy atom. The quantitative estimate of drug-likeness (QED) is 0.606. The molecule has 0 bridgehead atoms. The van der Waals surface area contributed by atoms with E-state index in [-0.39, 0.29) is 11.9 Å². The molecule has 0 spiro atoms. The van der Waals surface area contributed by atoms with Gasteiger partial charge in [-0.15, -0.1) is 21.5 Å². The molecule has 7 nitrogen and oxygen atoms in total. The number of thiophene rings is 1. The average Bonchev–Trinajstić information content (AvgIpc) is 3.35. The van der Waals surface area contributed by atoms with Crippen molar-refractivity contribution >= 4 is 35.0 Å². The highest BCUT2D eigenvalue weighted by atomic mass is 32.2. The number of nitrogens with one attached hydrogen (secondary N) is 1. The molecule has 1 fully saturated rings. The molecule has 0 saturated carbocycles. The molecule has 0 aliphatic carbocycles. The van der Waals surface area contributed by atoms with Crippen molar-refractivity contribution in [3.05, 3.63) is 22.4 Å². The van der Waals surface area contributed by atoms with Crippen LogP contribution in [0.2, 0.25) is 0 Å².